The molecule has 0 bridgehead atoms. The van der Waals surface area contributed by atoms with Gasteiger partial charge in [-0.3, -0.25) is 0 Å². The van der Waals surface area contributed by atoms with E-state index in [1.165, 1.54) is 18.2 Å². The monoisotopic (exact) mass is 327 g/mol. The molecule has 2 aromatic rings. The SMILES string of the molecule is Nc1ccc(F)cc1C(O)Cc1cc(Br)ccc1F. The topological polar surface area (TPSA) is 46.2 Å². The first kappa shape index (κ1) is 14.0. The highest BCUT2D eigenvalue weighted by atomic mass is 79.9. The van der Waals surface area contributed by atoms with E-state index in [-0.39, 0.29) is 17.7 Å². The normalized spacial score (nSPS) is 12.4. The van der Waals surface area contributed by atoms with Gasteiger partial charge in [0.15, 0.2) is 0 Å². The molecule has 0 saturated heterocycles. The molecule has 2 rings (SSSR count). The molecule has 0 aliphatic carbocycles. The Morgan fingerprint density at radius 3 is 2.63 bits per heavy atom. The molecular formula is C14H12BrF2NO. The Balaban J connectivity index is 2.27. The minimum Gasteiger partial charge on any atom is -0.398 e. The Bertz CT molecular complexity index is 604. The van der Waals surface area contributed by atoms with Gasteiger partial charge in [-0.05, 0) is 42.0 Å². The maximum atomic E-state index is 13.6. The van der Waals surface area contributed by atoms with Crippen molar-refractivity contribution in [2.45, 2.75) is 12.5 Å². The second-order valence-corrected chi connectivity index (χ2v) is 5.14. The molecule has 0 amide bonds. The average molecular weight is 328 g/mol. The average Bonchev–Trinajstić information content (AvgIpc) is 2.36. The molecule has 0 spiro atoms. The van der Waals surface area contributed by atoms with Gasteiger partial charge >= 0.3 is 0 Å². The summed E-state index contributed by atoms with van der Waals surface area (Å²) in [7, 11) is 0. The number of hydrogen-bond acceptors (Lipinski definition) is 2. The van der Waals surface area contributed by atoms with Crippen LogP contribution in [0, 0.1) is 11.6 Å². The van der Waals surface area contributed by atoms with Crippen LogP contribution >= 0.6 is 15.9 Å². The number of hydrogen-bond donors (Lipinski definition) is 2. The summed E-state index contributed by atoms with van der Waals surface area (Å²) >= 11 is 3.24. The first-order chi connectivity index (χ1) is 8.97. The van der Waals surface area contributed by atoms with Crippen LogP contribution in [-0.2, 0) is 6.42 Å². The van der Waals surface area contributed by atoms with Gasteiger partial charge in [-0.25, -0.2) is 8.78 Å². The van der Waals surface area contributed by atoms with E-state index in [4.69, 9.17) is 5.73 Å². The van der Waals surface area contributed by atoms with Crippen LogP contribution in [0.3, 0.4) is 0 Å². The van der Waals surface area contributed by atoms with Gasteiger partial charge in [0.1, 0.15) is 11.6 Å². The van der Waals surface area contributed by atoms with Crippen molar-refractivity contribution < 1.29 is 13.9 Å². The van der Waals surface area contributed by atoms with Crippen molar-refractivity contribution in [1.82, 2.24) is 0 Å². The fourth-order valence-electron chi connectivity index (χ4n) is 1.85. The number of nitrogen functional groups attached to an aromatic ring is 1. The van der Waals surface area contributed by atoms with E-state index >= 15 is 0 Å². The van der Waals surface area contributed by atoms with E-state index < -0.39 is 17.7 Å². The number of anilines is 1. The van der Waals surface area contributed by atoms with Gasteiger partial charge in [0.25, 0.3) is 0 Å². The molecule has 0 radical (unpaired) electrons. The van der Waals surface area contributed by atoms with Crippen molar-refractivity contribution >= 4 is 21.6 Å². The Labute approximate surface area is 118 Å². The molecule has 0 aliphatic rings. The van der Waals surface area contributed by atoms with Gasteiger partial charge in [0.05, 0.1) is 6.10 Å². The summed E-state index contributed by atoms with van der Waals surface area (Å²) < 4.78 is 27.4. The molecule has 0 aromatic heterocycles. The third-order valence-corrected chi connectivity index (χ3v) is 3.32. The summed E-state index contributed by atoms with van der Waals surface area (Å²) in [6, 6.07) is 8.21. The predicted octanol–water partition coefficient (Wildman–Crippen LogP) is 3.59. The van der Waals surface area contributed by atoms with Crippen molar-refractivity contribution in [3.8, 4) is 0 Å². The molecule has 5 heteroatoms. The number of nitrogens with two attached hydrogens (primary N) is 1. The molecule has 1 atom stereocenters. The van der Waals surface area contributed by atoms with Crippen LogP contribution in [0.2, 0.25) is 0 Å². The number of aliphatic hydroxyl groups is 1. The van der Waals surface area contributed by atoms with Crippen LogP contribution < -0.4 is 5.73 Å². The number of halogens is 3. The Kier molecular flexibility index (Phi) is 4.17. The van der Waals surface area contributed by atoms with E-state index in [0.717, 1.165) is 6.07 Å². The van der Waals surface area contributed by atoms with E-state index in [9.17, 15) is 13.9 Å². The third-order valence-electron chi connectivity index (χ3n) is 2.83. The molecule has 0 heterocycles. The lowest BCUT2D eigenvalue weighted by molar-refractivity contribution is 0.177. The van der Waals surface area contributed by atoms with Gasteiger partial charge in [-0.1, -0.05) is 15.9 Å². The summed E-state index contributed by atoms with van der Waals surface area (Å²) in [4.78, 5) is 0. The van der Waals surface area contributed by atoms with Crippen molar-refractivity contribution in [2.75, 3.05) is 5.73 Å². The third kappa shape index (κ3) is 3.30. The standard InChI is InChI=1S/C14H12BrF2NO/c15-9-1-3-12(17)8(5-9)6-14(19)11-7-10(16)2-4-13(11)18/h1-5,7,14,19H,6,18H2. The minimum absolute atomic E-state index is 0.0267. The summed E-state index contributed by atoms with van der Waals surface area (Å²) in [5, 5.41) is 10.1. The van der Waals surface area contributed by atoms with Crippen molar-refractivity contribution in [3.63, 3.8) is 0 Å². The zero-order valence-electron chi connectivity index (χ0n) is 9.91. The van der Waals surface area contributed by atoms with Gasteiger partial charge in [0.2, 0.25) is 0 Å². The summed E-state index contributed by atoms with van der Waals surface area (Å²) in [5.74, 6) is -0.907. The molecule has 0 aliphatic heterocycles. The van der Waals surface area contributed by atoms with Gasteiger partial charge in [-0.15, -0.1) is 0 Å². The molecule has 3 N–H and O–H groups in total. The van der Waals surface area contributed by atoms with Gasteiger partial charge in [0, 0.05) is 22.1 Å². The predicted molar refractivity (Wildman–Crippen MR) is 73.6 cm³/mol. The molecule has 0 fully saturated rings. The minimum atomic E-state index is -1.06. The van der Waals surface area contributed by atoms with Crippen LogP contribution in [0.15, 0.2) is 40.9 Å². The largest absolute Gasteiger partial charge is 0.398 e. The van der Waals surface area contributed by atoms with Gasteiger partial charge < -0.3 is 10.8 Å². The lowest BCUT2D eigenvalue weighted by atomic mass is 9.99. The van der Waals surface area contributed by atoms with Crippen LogP contribution in [0.25, 0.3) is 0 Å². The highest BCUT2D eigenvalue weighted by Crippen LogP contribution is 2.26. The molecule has 1 unspecified atom stereocenters. The first-order valence-corrected chi connectivity index (χ1v) is 6.43. The second-order valence-electron chi connectivity index (χ2n) is 4.23. The Morgan fingerprint density at radius 2 is 1.89 bits per heavy atom. The number of benzene rings is 2. The maximum Gasteiger partial charge on any atom is 0.126 e. The van der Waals surface area contributed by atoms with Crippen LogP contribution in [-0.4, -0.2) is 5.11 Å². The molecule has 19 heavy (non-hydrogen) atoms. The van der Waals surface area contributed by atoms with Crippen LogP contribution in [0.4, 0.5) is 14.5 Å². The fourth-order valence-corrected chi connectivity index (χ4v) is 2.26. The lowest BCUT2D eigenvalue weighted by Gasteiger charge is -2.14. The molecule has 0 saturated carbocycles. The zero-order chi connectivity index (χ0) is 14.0. The maximum absolute atomic E-state index is 13.6. The summed E-state index contributed by atoms with van der Waals surface area (Å²) in [6.07, 6.45) is -1.03. The van der Waals surface area contributed by atoms with Crippen molar-refractivity contribution in [2.24, 2.45) is 0 Å². The fraction of sp³-hybridized carbons (Fsp3) is 0.143. The quantitative estimate of drug-likeness (QED) is 0.846. The summed E-state index contributed by atoms with van der Waals surface area (Å²) in [5.41, 5.74) is 6.57. The van der Waals surface area contributed by atoms with Crippen molar-refractivity contribution in [1.29, 1.82) is 0 Å². The molecule has 2 aromatic carbocycles. The summed E-state index contributed by atoms with van der Waals surface area (Å²) in [6.45, 7) is 0. The van der Waals surface area contributed by atoms with Crippen LogP contribution in [0.1, 0.15) is 17.2 Å². The molecule has 2 nitrogen and oxygen atoms in total. The Morgan fingerprint density at radius 1 is 1.16 bits per heavy atom. The lowest BCUT2D eigenvalue weighted by Crippen LogP contribution is -2.07. The Hall–Kier alpha value is -1.46. The zero-order valence-corrected chi connectivity index (χ0v) is 11.5. The van der Waals surface area contributed by atoms with Crippen LogP contribution in [0.5, 0.6) is 0 Å². The number of rotatable bonds is 3. The first-order valence-electron chi connectivity index (χ1n) is 5.64. The van der Waals surface area contributed by atoms with E-state index in [2.05, 4.69) is 15.9 Å². The van der Waals surface area contributed by atoms with E-state index in [1.54, 1.807) is 12.1 Å². The number of aliphatic hydroxyl groups excluding tert-OH is 1. The highest BCUT2D eigenvalue weighted by molar-refractivity contribution is 9.10. The van der Waals surface area contributed by atoms with E-state index in [0.29, 0.717) is 10.0 Å². The van der Waals surface area contributed by atoms with Crippen molar-refractivity contribution in [3.05, 3.63) is 63.6 Å². The molecule has 100 valence electrons. The van der Waals surface area contributed by atoms with Gasteiger partial charge in [-0.2, -0.15) is 0 Å². The smallest absolute Gasteiger partial charge is 0.126 e. The highest BCUT2D eigenvalue weighted by Gasteiger charge is 2.15. The molecular weight excluding hydrogens is 316 g/mol. The second kappa shape index (κ2) is 5.67. The van der Waals surface area contributed by atoms with E-state index in [1.807, 2.05) is 0 Å².